The minimum Gasteiger partial charge on any atom is -0.312 e. The second-order valence-electron chi connectivity index (χ2n) is 5.47. The van der Waals surface area contributed by atoms with E-state index < -0.39 is 12.1 Å². The lowest BCUT2D eigenvalue weighted by molar-refractivity contribution is -0.186. The minimum atomic E-state index is -4.02. The van der Waals surface area contributed by atoms with Gasteiger partial charge in [0.2, 0.25) is 0 Å². The Morgan fingerprint density at radius 3 is 2.65 bits per heavy atom. The van der Waals surface area contributed by atoms with Crippen LogP contribution >= 0.6 is 0 Å². The first-order chi connectivity index (χ1) is 7.97. The number of piperidine rings is 1. The van der Waals surface area contributed by atoms with Crippen LogP contribution in [-0.4, -0.2) is 43.3 Å². The predicted molar refractivity (Wildman–Crippen MR) is 60.8 cm³/mol. The van der Waals surface area contributed by atoms with Gasteiger partial charge >= 0.3 is 6.18 Å². The van der Waals surface area contributed by atoms with Crippen LogP contribution < -0.4 is 5.32 Å². The third kappa shape index (κ3) is 3.35. The molecule has 0 amide bonds. The molecule has 3 atom stereocenters. The third-order valence-corrected chi connectivity index (χ3v) is 4.12. The maximum atomic E-state index is 12.7. The fourth-order valence-corrected chi connectivity index (χ4v) is 2.91. The van der Waals surface area contributed by atoms with Crippen molar-refractivity contribution in [3.8, 4) is 0 Å². The van der Waals surface area contributed by atoms with Gasteiger partial charge < -0.3 is 10.2 Å². The highest BCUT2D eigenvalue weighted by Crippen LogP contribution is 2.33. The van der Waals surface area contributed by atoms with Crippen molar-refractivity contribution in [2.45, 2.75) is 38.4 Å². The van der Waals surface area contributed by atoms with Crippen molar-refractivity contribution in [3.05, 3.63) is 0 Å². The highest BCUT2D eigenvalue weighted by atomic mass is 19.4. The predicted octanol–water partition coefficient (Wildman–Crippen LogP) is 2.26. The lowest BCUT2D eigenvalue weighted by Crippen LogP contribution is -2.47. The topological polar surface area (TPSA) is 15.3 Å². The van der Waals surface area contributed by atoms with Crippen LogP contribution in [0, 0.1) is 11.8 Å². The summed E-state index contributed by atoms with van der Waals surface area (Å²) in [5.74, 6) is -0.533. The van der Waals surface area contributed by atoms with Crippen molar-refractivity contribution >= 4 is 0 Å². The van der Waals surface area contributed by atoms with Crippen molar-refractivity contribution in [3.63, 3.8) is 0 Å². The van der Waals surface area contributed by atoms with Gasteiger partial charge in [-0.3, -0.25) is 0 Å². The Morgan fingerprint density at radius 1 is 1.29 bits per heavy atom. The summed E-state index contributed by atoms with van der Waals surface area (Å²) in [7, 11) is 0. The normalized spacial score (nSPS) is 36.4. The number of hydrogen-bond donors (Lipinski definition) is 1. The van der Waals surface area contributed by atoms with Gasteiger partial charge in [-0.2, -0.15) is 13.2 Å². The van der Waals surface area contributed by atoms with E-state index in [4.69, 9.17) is 0 Å². The molecule has 2 rings (SSSR count). The monoisotopic (exact) mass is 250 g/mol. The average Bonchev–Trinajstić information content (AvgIpc) is 2.64. The number of halogens is 3. The Labute approximate surface area is 101 Å². The van der Waals surface area contributed by atoms with E-state index in [-0.39, 0.29) is 6.54 Å². The van der Waals surface area contributed by atoms with Crippen molar-refractivity contribution < 1.29 is 13.2 Å². The van der Waals surface area contributed by atoms with Crippen LogP contribution in [0.4, 0.5) is 13.2 Å². The van der Waals surface area contributed by atoms with Crippen molar-refractivity contribution in [1.82, 2.24) is 10.2 Å². The average molecular weight is 250 g/mol. The molecule has 2 heterocycles. The van der Waals surface area contributed by atoms with Crippen LogP contribution in [0.25, 0.3) is 0 Å². The zero-order valence-corrected chi connectivity index (χ0v) is 10.3. The summed E-state index contributed by atoms with van der Waals surface area (Å²) in [4.78, 5) is 1.99. The molecule has 2 fully saturated rings. The SMILES string of the molecule is CC1CCNC1CN1CCCC(C(F)(F)F)C1. The Kier molecular flexibility index (Phi) is 3.98. The van der Waals surface area contributed by atoms with Crippen molar-refractivity contribution in [2.75, 3.05) is 26.2 Å². The molecule has 2 aliphatic heterocycles. The zero-order valence-electron chi connectivity index (χ0n) is 10.3. The zero-order chi connectivity index (χ0) is 12.5. The van der Waals surface area contributed by atoms with Gasteiger partial charge in [-0.05, 0) is 38.3 Å². The van der Waals surface area contributed by atoms with E-state index in [1.54, 1.807) is 0 Å². The fourth-order valence-electron chi connectivity index (χ4n) is 2.91. The lowest BCUT2D eigenvalue weighted by Gasteiger charge is -2.35. The first-order valence-electron chi connectivity index (χ1n) is 6.49. The van der Waals surface area contributed by atoms with Crippen LogP contribution in [0.15, 0.2) is 0 Å². The van der Waals surface area contributed by atoms with E-state index in [2.05, 4.69) is 12.2 Å². The van der Waals surface area contributed by atoms with E-state index in [0.29, 0.717) is 24.8 Å². The molecule has 0 aromatic rings. The molecule has 1 N–H and O–H groups in total. The molecule has 0 saturated carbocycles. The van der Waals surface area contributed by atoms with E-state index in [0.717, 1.165) is 26.1 Å². The molecule has 100 valence electrons. The molecule has 0 aromatic carbocycles. The van der Waals surface area contributed by atoms with Crippen LogP contribution in [0.5, 0.6) is 0 Å². The minimum absolute atomic E-state index is 0.189. The molecule has 17 heavy (non-hydrogen) atoms. The van der Waals surface area contributed by atoms with Crippen LogP contribution in [0.2, 0.25) is 0 Å². The van der Waals surface area contributed by atoms with E-state index >= 15 is 0 Å². The van der Waals surface area contributed by atoms with Crippen LogP contribution in [-0.2, 0) is 0 Å². The number of hydrogen-bond acceptors (Lipinski definition) is 2. The number of alkyl halides is 3. The summed E-state index contributed by atoms with van der Waals surface area (Å²) in [6, 6.07) is 0.377. The standard InChI is InChI=1S/C12H21F3N2/c1-9-4-5-16-11(9)8-17-6-2-3-10(7-17)12(13,14)15/h9-11,16H,2-8H2,1H3. The highest BCUT2D eigenvalue weighted by Gasteiger charge is 2.42. The molecule has 0 spiro atoms. The highest BCUT2D eigenvalue weighted by molar-refractivity contribution is 4.86. The fraction of sp³-hybridized carbons (Fsp3) is 1.00. The van der Waals surface area contributed by atoms with Crippen LogP contribution in [0.1, 0.15) is 26.2 Å². The van der Waals surface area contributed by atoms with E-state index in [1.165, 1.54) is 0 Å². The first kappa shape index (κ1) is 13.1. The summed E-state index contributed by atoms with van der Waals surface area (Å²) in [6.45, 7) is 4.96. The molecule has 2 aliphatic rings. The van der Waals surface area contributed by atoms with E-state index in [9.17, 15) is 13.2 Å². The van der Waals surface area contributed by atoms with Crippen molar-refractivity contribution in [2.24, 2.45) is 11.8 Å². The number of nitrogens with one attached hydrogen (secondary N) is 1. The second-order valence-corrected chi connectivity index (χ2v) is 5.47. The Balaban J connectivity index is 1.85. The molecule has 3 unspecified atom stereocenters. The number of rotatable bonds is 2. The Hall–Kier alpha value is -0.290. The van der Waals surface area contributed by atoms with Gasteiger partial charge in [0.15, 0.2) is 0 Å². The number of nitrogens with zero attached hydrogens (tertiary/aromatic N) is 1. The third-order valence-electron chi connectivity index (χ3n) is 4.12. The summed E-state index contributed by atoms with van der Waals surface area (Å²) >= 11 is 0. The van der Waals surface area contributed by atoms with Gasteiger partial charge in [-0.15, -0.1) is 0 Å². The maximum absolute atomic E-state index is 12.7. The van der Waals surface area contributed by atoms with Gasteiger partial charge in [0, 0.05) is 19.1 Å². The molecule has 0 aromatic heterocycles. The van der Waals surface area contributed by atoms with Gasteiger partial charge in [0.1, 0.15) is 0 Å². The smallest absolute Gasteiger partial charge is 0.312 e. The number of likely N-dealkylation sites (tertiary alicyclic amines) is 1. The Morgan fingerprint density at radius 2 is 2.06 bits per heavy atom. The quantitative estimate of drug-likeness (QED) is 0.808. The summed E-state index contributed by atoms with van der Waals surface area (Å²) in [5.41, 5.74) is 0. The molecule has 5 heteroatoms. The molecule has 0 aliphatic carbocycles. The van der Waals surface area contributed by atoms with Gasteiger partial charge in [-0.1, -0.05) is 6.92 Å². The Bertz CT molecular complexity index is 253. The van der Waals surface area contributed by atoms with Crippen LogP contribution in [0.3, 0.4) is 0 Å². The summed E-state index contributed by atoms with van der Waals surface area (Å²) < 4.78 is 38.0. The molecular formula is C12H21F3N2. The first-order valence-corrected chi connectivity index (χ1v) is 6.49. The molecule has 0 bridgehead atoms. The summed E-state index contributed by atoms with van der Waals surface area (Å²) in [5, 5.41) is 3.38. The van der Waals surface area contributed by atoms with Gasteiger partial charge in [-0.25, -0.2) is 0 Å². The maximum Gasteiger partial charge on any atom is 0.393 e. The van der Waals surface area contributed by atoms with Crippen molar-refractivity contribution in [1.29, 1.82) is 0 Å². The molecular weight excluding hydrogens is 229 g/mol. The molecule has 0 radical (unpaired) electrons. The van der Waals surface area contributed by atoms with E-state index in [1.807, 2.05) is 4.90 Å². The largest absolute Gasteiger partial charge is 0.393 e. The van der Waals surface area contributed by atoms with Gasteiger partial charge in [0.25, 0.3) is 0 Å². The molecule has 2 nitrogen and oxygen atoms in total. The molecule has 2 saturated heterocycles. The second kappa shape index (κ2) is 5.14. The lowest BCUT2D eigenvalue weighted by atomic mass is 9.96. The summed E-state index contributed by atoms with van der Waals surface area (Å²) in [6.07, 6.45) is -1.91. The van der Waals surface area contributed by atoms with Gasteiger partial charge in [0.05, 0.1) is 5.92 Å².